The van der Waals surface area contributed by atoms with E-state index in [1.165, 1.54) is 18.2 Å². The van der Waals surface area contributed by atoms with Crippen molar-refractivity contribution in [3.63, 3.8) is 0 Å². The van der Waals surface area contributed by atoms with Crippen molar-refractivity contribution in [1.29, 1.82) is 0 Å². The molecule has 22 heavy (non-hydrogen) atoms. The highest BCUT2D eigenvalue weighted by Gasteiger charge is 2.19. The van der Waals surface area contributed by atoms with E-state index >= 15 is 0 Å². The number of nitrogens with one attached hydrogen (secondary N) is 1. The van der Waals surface area contributed by atoms with Gasteiger partial charge in [0, 0.05) is 26.4 Å². The Morgan fingerprint density at radius 1 is 1.32 bits per heavy atom. The van der Waals surface area contributed by atoms with E-state index in [9.17, 15) is 14.9 Å². The number of anilines is 1. The van der Waals surface area contributed by atoms with Crippen LogP contribution in [0.1, 0.15) is 16.2 Å². The smallest absolute Gasteiger partial charge is 0.282 e. The van der Waals surface area contributed by atoms with E-state index in [0.717, 1.165) is 0 Å². The summed E-state index contributed by atoms with van der Waals surface area (Å²) in [4.78, 5) is 32.5. The number of carbonyl (C=O) groups is 1. The number of para-hydroxylation sites is 1. The number of nitrogens with zero attached hydrogens (tertiary/aromatic N) is 4. The topological polar surface area (TPSA) is 101 Å². The molecule has 114 valence electrons. The van der Waals surface area contributed by atoms with Gasteiger partial charge in [-0.1, -0.05) is 12.1 Å². The maximum absolute atomic E-state index is 12.1. The van der Waals surface area contributed by atoms with Crippen molar-refractivity contribution in [2.24, 2.45) is 0 Å². The average Bonchev–Trinajstić information content (AvgIpc) is 2.52. The van der Waals surface area contributed by atoms with Gasteiger partial charge in [0.15, 0.2) is 0 Å². The lowest BCUT2D eigenvalue weighted by Gasteiger charge is -2.11. The fraction of sp³-hybridized carbons (Fsp3) is 0.214. The quantitative estimate of drug-likeness (QED) is 0.661. The number of hydrogen-bond donors (Lipinski definition) is 1. The molecule has 0 atom stereocenters. The third-order valence-electron chi connectivity index (χ3n) is 2.90. The number of nitro benzene ring substituents is 1. The van der Waals surface area contributed by atoms with Gasteiger partial charge in [-0.25, -0.2) is 9.97 Å². The predicted octanol–water partition coefficient (Wildman–Crippen LogP) is 1.38. The molecule has 0 radical (unpaired) electrons. The summed E-state index contributed by atoms with van der Waals surface area (Å²) in [6.45, 7) is 0.0898. The van der Waals surface area contributed by atoms with Crippen LogP contribution in [0.15, 0.2) is 36.5 Å². The average molecular weight is 301 g/mol. The van der Waals surface area contributed by atoms with Crippen LogP contribution in [-0.2, 0) is 6.54 Å². The Kier molecular flexibility index (Phi) is 4.62. The van der Waals surface area contributed by atoms with E-state index in [4.69, 9.17) is 0 Å². The van der Waals surface area contributed by atoms with Crippen molar-refractivity contribution in [3.8, 4) is 0 Å². The lowest BCUT2D eigenvalue weighted by molar-refractivity contribution is -0.385. The standard InChI is InChI=1S/C14H15N5O3/c1-18(2)13-7-8-15-12(17-13)9-16-14(20)10-5-3-4-6-11(10)19(21)22/h3-8H,9H2,1-2H3,(H,16,20). The molecule has 0 saturated carbocycles. The summed E-state index contributed by atoms with van der Waals surface area (Å²) in [5.74, 6) is 0.606. The minimum absolute atomic E-state index is 0.0104. The molecule has 2 aromatic rings. The number of carbonyl (C=O) groups excluding carboxylic acids is 1. The van der Waals surface area contributed by atoms with Crippen LogP contribution in [0, 0.1) is 10.1 Å². The van der Waals surface area contributed by atoms with Crippen LogP contribution in [0.3, 0.4) is 0 Å². The van der Waals surface area contributed by atoms with Gasteiger partial charge in [0.2, 0.25) is 0 Å². The lowest BCUT2D eigenvalue weighted by atomic mass is 10.1. The molecule has 1 N–H and O–H groups in total. The minimum atomic E-state index is -0.585. The molecule has 0 bridgehead atoms. The highest BCUT2D eigenvalue weighted by atomic mass is 16.6. The first-order valence-electron chi connectivity index (χ1n) is 6.50. The SMILES string of the molecule is CN(C)c1ccnc(CNC(=O)c2ccccc2[N+](=O)[O-])n1. The van der Waals surface area contributed by atoms with Crippen molar-refractivity contribution >= 4 is 17.4 Å². The second-order valence-electron chi connectivity index (χ2n) is 4.68. The maximum Gasteiger partial charge on any atom is 0.282 e. The van der Waals surface area contributed by atoms with Gasteiger partial charge in [0.25, 0.3) is 11.6 Å². The number of benzene rings is 1. The van der Waals surface area contributed by atoms with Crippen molar-refractivity contribution in [2.75, 3.05) is 19.0 Å². The predicted molar refractivity (Wildman–Crippen MR) is 80.6 cm³/mol. The third kappa shape index (κ3) is 3.54. The molecule has 0 fully saturated rings. The first-order valence-corrected chi connectivity index (χ1v) is 6.50. The minimum Gasteiger partial charge on any atom is -0.363 e. The molecule has 1 heterocycles. The lowest BCUT2D eigenvalue weighted by Crippen LogP contribution is -2.25. The normalized spacial score (nSPS) is 10.1. The zero-order valence-electron chi connectivity index (χ0n) is 12.2. The van der Waals surface area contributed by atoms with E-state index < -0.39 is 10.8 Å². The Hall–Kier alpha value is -3.03. The van der Waals surface area contributed by atoms with Crippen LogP contribution in [0.2, 0.25) is 0 Å². The van der Waals surface area contributed by atoms with Gasteiger partial charge in [0.05, 0.1) is 11.5 Å². The van der Waals surface area contributed by atoms with E-state index in [1.54, 1.807) is 18.3 Å². The number of rotatable bonds is 5. The zero-order chi connectivity index (χ0) is 16.1. The molecule has 8 nitrogen and oxygen atoms in total. The van der Waals surface area contributed by atoms with Crippen LogP contribution in [-0.4, -0.2) is 34.9 Å². The third-order valence-corrected chi connectivity index (χ3v) is 2.90. The Morgan fingerprint density at radius 3 is 2.73 bits per heavy atom. The van der Waals surface area contributed by atoms with Gasteiger partial charge >= 0.3 is 0 Å². The molecule has 0 aliphatic carbocycles. The van der Waals surface area contributed by atoms with Gasteiger partial charge in [-0.05, 0) is 12.1 Å². The van der Waals surface area contributed by atoms with Gasteiger partial charge in [0.1, 0.15) is 17.2 Å². The van der Waals surface area contributed by atoms with Gasteiger partial charge < -0.3 is 10.2 Å². The first-order chi connectivity index (χ1) is 10.5. The first kappa shape index (κ1) is 15.4. The molecular formula is C14H15N5O3. The van der Waals surface area contributed by atoms with E-state index in [1.807, 2.05) is 19.0 Å². The zero-order valence-corrected chi connectivity index (χ0v) is 12.2. The van der Waals surface area contributed by atoms with Crippen LogP contribution in [0.4, 0.5) is 11.5 Å². The Bertz CT molecular complexity index is 702. The van der Waals surface area contributed by atoms with Crippen LogP contribution < -0.4 is 10.2 Å². The Balaban J connectivity index is 2.11. The second-order valence-corrected chi connectivity index (χ2v) is 4.68. The molecule has 0 saturated heterocycles. The van der Waals surface area contributed by atoms with Crippen LogP contribution in [0.5, 0.6) is 0 Å². The summed E-state index contributed by atoms with van der Waals surface area (Å²) in [6.07, 6.45) is 1.59. The summed E-state index contributed by atoms with van der Waals surface area (Å²) in [6, 6.07) is 7.53. The fourth-order valence-corrected chi connectivity index (χ4v) is 1.80. The number of aromatic nitrogens is 2. The fourth-order valence-electron chi connectivity index (χ4n) is 1.80. The molecular weight excluding hydrogens is 286 g/mol. The molecule has 8 heteroatoms. The highest BCUT2D eigenvalue weighted by Crippen LogP contribution is 2.17. The molecule has 1 amide bonds. The van der Waals surface area contributed by atoms with Gasteiger partial charge in [-0.15, -0.1) is 0 Å². The molecule has 2 rings (SSSR count). The summed E-state index contributed by atoms with van der Waals surface area (Å²) in [7, 11) is 3.69. The summed E-state index contributed by atoms with van der Waals surface area (Å²) >= 11 is 0. The van der Waals surface area contributed by atoms with Crippen molar-refractivity contribution < 1.29 is 9.72 Å². The van der Waals surface area contributed by atoms with E-state index in [2.05, 4.69) is 15.3 Å². The molecule has 0 spiro atoms. The van der Waals surface area contributed by atoms with Crippen LogP contribution >= 0.6 is 0 Å². The monoisotopic (exact) mass is 301 g/mol. The van der Waals surface area contributed by atoms with Crippen LogP contribution in [0.25, 0.3) is 0 Å². The second kappa shape index (κ2) is 6.61. The number of amides is 1. The maximum atomic E-state index is 12.1. The Morgan fingerprint density at radius 2 is 2.05 bits per heavy atom. The van der Waals surface area contributed by atoms with Gasteiger partial charge in [-0.3, -0.25) is 14.9 Å². The summed E-state index contributed by atoms with van der Waals surface area (Å²) in [5, 5.41) is 13.5. The largest absolute Gasteiger partial charge is 0.363 e. The van der Waals surface area contributed by atoms with Crippen molar-refractivity contribution in [3.05, 3.63) is 58.0 Å². The molecule has 1 aromatic heterocycles. The highest BCUT2D eigenvalue weighted by molar-refractivity contribution is 5.98. The van der Waals surface area contributed by atoms with E-state index in [-0.39, 0.29) is 17.8 Å². The Labute approximate surface area is 127 Å². The van der Waals surface area contributed by atoms with E-state index in [0.29, 0.717) is 11.6 Å². The van der Waals surface area contributed by atoms with Crippen molar-refractivity contribution in [2.45, 2.75) is 6.54 Å². The summed E-state index contributed by atoms with van der Waals surface area (Å²) in [5.41, 5.74) is -0.223. The van der Waals surface area contributed by atoms with Crippen molar-refractivity contribution in [1.82, 2.24) is 15.3 Å². The number of nitro groups is 1. The summed E-state index contributed by atoms with van der Waals surface area (Å²) < 4.78 is 0. The number of hydrogen-bond acceptors (Lipinski definition) is 6. The van der Waals surface area contributed by atoms with Gasteiger partial charge in [-0.2, -0.15) is 0 Å². The molecule has 0 aliphatic rings. The molecule has 0 unspecified atom stereocenters. The molecule has 1 aromatic carbocycles. The molecule has 0 aliphatic heterocycles.